The molecule has 0 saturated carbocycles. The van der Waals surface area contributed by atoms with E-state index in [4.69, 9.17) is 9.47 Å². The van der Waals surface area contributed by atoms with Crippen molar-refractivity contribution in [2.24, 2.45) is 0 Å². The van der Waals surface area contributed by atoms with E-state index in [-0.39, 0.29) is 18.6 Å². The van der Waals surface area contributed by atoms with Crippen LogP contribution in [-0.4, -0.2) is 46.2 Å². The quantitative estimate of drug-likeness (QED) is 0.860. The van der Waals surface area contributed by atoms with E-state index in [1.165, 1.54) is 0 Å². The Morgan fingerprint density at radius 3 is 3.00 bits per heavy atom. The fourth-order valence-corrected chi connectivity index (χ4v) is 3.68. The van der Waals surface area contributed by atoms with Crippen LogP contribution >= 0.6 is 0 Å². The Morgan fingerprint density at radius 2 is 2.16 bits per heavy atom. The molecule has 2 aliphatic rings. The number of likely N-dealkylation sites (tertiary alicyclic amines) is 1. The van der Waals surface area contributed by atoms with Gasteiger partial charge in [-0.1, -0.05) is 19.1 Å². The highest BCUT2D eigenvalue weighted by atomic mass is 16.6. The van der Waals surface area contributed by atoms with Gasteiger partial charge in [0.25, 0.3) is 5.91 Å². The smallest absolute Gasteiger partial charge is 0.267 e. The standard InChI is InChI=1S/C19H23N3O3/c1-2-18-20-9-11-22(18)14-6-5-10-21(12-14)19(23)17-13-24-15-7-3-4-8-16(15)25-17/h3-4,7-9,11,14,17H,2,5-6,10,12-13H2,1H3/t14-,17+/m0/s1. The van der Waals surface area contributed by atoms with Gasteiger partial charge < -0.3 is 18.9 Å². The molecule has 0 bridgehead atoms. The minimum Gasteiger partial charge on any atom is -0.485 e. The van der Waals surface area contributed by atoms with E-state index in [0.29, 0.717) is 18.0 Å². The van der Waals surface area contributed by atoms with Crippen LogP contribution < -0.4 is 9.47 Å². The van der Waals surface area contributed by atoms with Gasteiger partial charge in [-0.3, -0.25) is 4.79 Å². The molecule has 25 heavy (non-hydrogen) atoms. The summed E-state index contributed by atoms with van der Waals surface area (Å²) < 4.78 is 13.8. The van der Waals surface area contributed by atoms with Gasteiger partial charge >= 0.3 is 0 Å². The van der Waals surface area contributed by atoms with Gasteiger partial charge in [0.05, 0.1) is 6.04 Å². The first-order valence-corrected chi connectivity index (χ1v) is 8.95. The minimum absolute atomic E-state index is 0.0115. The van der Waals surface area contributed by atoms with E-state index in [2.05, 4.69) is 16.5 Å². The number of ether oxygens (including phenoxy) is 2. The second-order valence-corrected chi connectivity index (χ2v) is 6.55. The SMILES string of the molecule is CCc1nccn1[C@H]1CCCN(C(=O)[C@H]2COc3ccccc3O2)C1. The van der Waals surface area contributed by atoms with Gasteiger partial charge in [-0.25, -0.2) is 4.98 Å². The number of hydrogen-bond acceptors (Lipinski definition) is 4. The maximum Gasteiger partial charge on any atom is 0.267 e. The lowest BCUT2D eigenvalue weighted by Gasteiger charge is -2.36. The van der Waals surface area contributed by atoms with Gasteiger partial charge in [0, 0.05) is 31.9 Å². The summed E-state index contributed by atoms with van der Waals surface area (Å²) in [7, 11) is 0. The maximum atomic E-state index is 12.9. The Hall–Kier alpha value is -2.50. The molecule has 6 heteroatoms. The Kier molecular flexibility index (Phi) is 4.34. The summed E-state index contributed by atoms with van der Waals surface area (Å²) in [5.74, 6) is 2.43. The molecule has 0 radical (unpaired) electrons. The highest BCUT2D eigenvalue weighted by Crippen LogP contribution is 2.32. The summed E-state index contributed by atoms with van der Waals surface area (Å²) >= 11 is 0. The molecule has 0 aliphatic carbocycles. The number of piperidine rings is 1. The lowest BCUT2D eigenvalue weighted by Crippen LogP contribution is -2.50. The number of para-hydroxylation sites is 2. The van der Waals surface area contributed by atoms with Crippen molar-refractivity contribution < 1.29 is 14.3 Å². The van der Waals surface area contributed by atoms with Crippen LogP contribution in [0.2, 0.25) is 0 Å². The number of benzene rings is 1. The second kappa shape index (κ2) is 6.78. The number of imidazole rings is 1. The highest BCUT2D eigenvalue weighted by Gasteiger charge is 2.34. The number of carbonyl (C=O) groups excluding carboxylic acids is 1. The molecule has 0 spiro atoms. The van der Waals surface area contributed by atoms with Crippen molar-refractivity contribution in [2.75, 3.05) is 19.7 Å². The first-order chi connectivity index (χ1) is 12.3. The molecule has 1 amide bonds. The van der Waals surface area contributed by atoms with Crippen molar-refractivity contribution in [3.63, 3.8) is 0 Å². The Bertz CT molecular complexity index is 758. The zero-order valence-corrected chi connectivity index (χ0v) is 14.4. The van der Waals surface area contributed by atoms with Crippen molar-refractivity contribution in [1.29, 1.82) is 0 Å². The fourth-order valence-electron chi connectivity index (χ4n) is 3.68. The number of carbonyl (C=O) groups is 1. The molecule has 2 aliphatic heterocycles. The van der Waals surface area contributed by atoms with Gasteiger partial charge in [0.1, 0.15) is 12.4 Å². The largest absolute Gasteiger partial charge is 0.485 e. The molecule has 1 aromatic carbocycles. The van der Waals surface area contributed by atoms with Crippen LogP contribution in [0.5, 0.6) is 11.5 Å². The topological polar surface area (TPSA) is 56.6 Å². The maximum absolute atomic E-state index is 12.9. The van der Waals surface area contributed by atoms with Crippen molar-refractivity contribution in [3.8, 4) is 11.5 Å². The summed E-state index contributed by atoms with van der Waals surface area (Å²) in [5.41, 5.74) is 0. The molecule has 0 N–H and O–H groups in total. The highest BCUT2D eigenvalue weighted by molar-refractivity contribution is 5.82. The molecule has 0 unspecified atom stereocenters. The van der Waals surface area contributed by atoms with Crippen LogP contribution in [0, 0.1) is 0 Å². The average molecular weight is 341 g/mol. The zero-order valence-electron chi connectivity index (χ0n) is 14.4. The predicted octanol–water partition coefficient (Wildman–Crippen LogP) is 2.45. The summed E-state index contributed by atoms with van der Waals surface area (Å²) in [5, 5.41) is 0. The lowest BCUT2D eigenvalue weighted by atomic mass is 10.0. The monoisotopic (exact) mass is 341 g/mol. The van der Waals surface area contributed by atoms with E-state index in [0.717, 1.165) is 31.6 Å². The molecule has 4 rings (SSSR count). The van der Waals surface area contributed by atoms with Crippen LogP contribution in [0.4, 0.5) is 0 Å². The van der Waals surface area contributed by atoms with Crippen molar-refractivity contribution >= 4 is 5.91 Å². The normalized spacial score (nSPS) is 22.7. The van der Waals surface area contributed by atoms with Gasteiger partial charge in [0.15, 0.2) is 11.5 Å². The Labute approximate surface area is 147 Å². The van der Waals surface area contributed by atoms with Crippen LogP contribution in [0.25, 0.3) is 0 Å². The zero-order chi connectivity index (χ0) is 17.2. The van der Waals surface area contributed by atoms with Crippen LogP contribution in [0.1, 0.15) is 31.6 Å². The molecule has 1 aromatic heterocycles. The molecule has 2 aromatic rings. The van der Waals surface area contributed by atoms with Crippen molar-refractivity contribution in [1.82, 2.24) is 14.5 Å². The number of fused-ring (bicyclic) bond motifs is 1. The molecule has 6 nitrogen and oxygen atoms in total. The Balaban J connectivity index is 1.46. The number of aryl methyl sites for hydroxylation is 1. The van der Waals surface area contributed by atoms with Crippen molar-refractivity contribution in [3.05, 3.63) is 42.5 Å². The summed E-state index contributed by atoms with van der Waals surface area (Å²) in [6, 6.07) is 7.77. The van der Waals surface area contributed by atoms with Gasteiger partial charge in [-0.15, -0.1) is 0 Å². The molecule has 3 heterocycles. The fraction of sp³-hybridized carbons (Fsp3) is 0.474. The minimum atomic E-state index is -0.568. The third kappa shape index (κ3) is 3.08. The number of hydrogen-bond donors (Lipinski definition) is 0. The van der Waals surface area contributed by atoms with E-state index < -0.39 is 6.10 Å². The first kappa shape index (κ1) is 16.0. The van der Waals surface area contributed by atoms with E-state index in [1.54, 1.807) is 0 Å². The van der Waals surface area contributed by atoms with Crippen LogP contribution in [0.15, 0.2) is 36.7 Å². The van der Waals surface area contributed by atoms with Crippen LogP contribution in [0.3, 0.4) is 0 Å². The van der Waals surface area contributed by atoms with Gasteiger partial charge in [0.2, 0.25) is 6.10 Å². The number of aromatic nitrogens is 2. The third-order valence-corrected chi connectivity index (χ3v) is 4.95. The third-order valence-electron chi connectivity index (χ3n) is 4.95. The molecule has 1 fully saturated rings. The van der Waals surface area contributed by atoms with Crippen molar-refractivity contribution in [2.45, 2.75) is 38.3 Å². The molecule has 1 saturated heterocycles. The average Bonchev–Trinajstić information content (AvgIpc) is 3.16. The summed E-state index contributed by atoms with van der Waals surface area (Å²) in [6.07, 6.45) is 6.25. The number of rotatable bonds is 3. The van der Waals surface area contributed by atoms with Crippen LogP contribution in [-0.2, 0) is 11.2 Å². The summed E-state index contributed by atoms with van der Waals surface area (Å²) in [4.78, 5) is 19.3. The molecular weight excluding hydrogens is 318 g/mol. The van der Waals surface area contributed by atoms with E-state index >= 15 is 0 Å². The Morgan fingerprint density at radius 1 is 1.32 bits per heavy atom. The summed E-state index contributed by atoms with van der Waals surface area (Å²) in [6.45, 7) is 3.84. The predicted molar refractivity (Wildman–Crippen MR) is 92.8 cm³/mol. The van der Waals surface area contributed by atoms with E-state index in [1.807, 2.05) is 41.6 Å². The van der Waals surface area contributed by atoms with E-state index in [9.17, 15) is 4.79 Å². The second-order valence-electron chi connectivity index (χ2n) is 6.55. The van der Waals surface area contributed by atoms with Gasteiger partial charge in [-0.2, -0.15) is 0 Å². The molecule has 132 valence electrons. The lowest BCUT2D eigenvalue weighted by molar-refractivity contribution is -0.142. The molecular formula is C19H23N3O3. The number of nitrogens with zero attached hydrogens (tertiary/aromatic N) is 3. The number of amides is 1. The molecule has 2 atom stereocenters. The first-order valence-electron chi connectivity index (χ1n) is 8.95. The van der Waals surface area contributed by atoms with Gasteiger partial charge in [-0.05, 0) is 25.0 Å².